The first-order valence-corrected chi connectivity index (χ1v) is 11.0. The van der Waals surface area contributed by atoms with Crippen LogP contribution in [-0.4, -0.2) is 36.3 Å². The number of nitrogens with one attached hydrogen (secondary N) is 2. The Morgan fingerprint density at radius 3 is 2.27 bits per heavy atom. The van der Waals surface area contributed by atoms with Gasteiger partial charge in [0.15, 0.2) is 0 Å². The van der Waals surface area contributed by atoms with Gasteiger partial charge in [-0.3, -0.25) is 15.7 Å². The number of aromatic nitrogens is 3. The molecule has 0 fully saturated rings. The van der Waals surface area contributed by atoms with Crippen molar-refractivity contribution in [2.24, 2.45) is 0 Å². The summed E-state index contributed by atoms with van der Waals surface area (Å²) < 4.78 is 61.8. The highest BCUT2D eigenvalue weighted by Gasteiger charge is 2.26. The van der Waals surface area contributed by atoms with Gasteiger partial charge in [0, 0.05) is 0 Å². The van der Waals surface area contributed by atoms with Crippen LogP contribution >= 0.6 is 11.6 Å². The minimum absolute atomic E-state index is 0.0971. The molecule has 0 aliphatic rings. The number of hydrogen-bond acceptors (Lipinski definition) is 10. The van der Waals surface area contributed by atoms with E-state index in [-0.39, 0.29) is 21.6 Å². The Morgan fingerprint density at radius 2 is 1.67 bits per heavy atom. The molecule has 0 amide bonds. The molecule has 3 aromatic rings. The Morgan fingerprint density at radius 1 is 1.03 bits per heavy atom. The maximum absolute atomic E-state index is 12.7. The molecule has 30 heavy (non-hydrogen) atoms. The van der Waals surface area contributed by atoms with E-state index in [1.807, 2.05) is 0 Å². The molecule has 0 saturated carbocycles. The number of nitrogens with zero attached hydrogens (tertiary/aromatic N) is 4. The Kier molecular flexibility index (Phi) is 6.04. The maximum atomic E-state index is 12.7. The predicted octanol–water partition coefficient (Wildman–Crippen LogP) is 1.84. The van der Waals surface area contributed by atoms with Crippen LogP contribution in [0.25, 0.3) is 0 Å². The van der Waals surface area contributed by atoms with E-state index < -0.39 is 30.8 Å². The third kappa shape index (κ3) is 4.92. The van der Waals surface area contributed by atoms with E-state index in [2.05, 4.69) is 20.4 Å². The molecule has 3 rings (SSSR count). The molecule has 1 aromatic heterocycles. The summed E-state index contributed by atoms with van der Waals surface area (Å²) in [6.07, 6.45) is 2.17. The van der Waals surface area contributed by atoms with Crippen LogP contribution in [0, 0.1) is 0 Å². The predicted molar refractivity (Wildman–Crippen MR) is 105 cm³/mol. The van der Waals surface area contributed by atoms with Gasteiger partial charge in [0.05, 0.1) is 21.3 Å². The summed E-state index contributed by atoms with van der Waals surface area (Å²) in [6, 6.07) is 8.46. The fourth-order valence-electron chi connectivity index (χ4n) is 2.11. The maximum Gasteiger partial charge on any atom is 0.321 e. The van der Waals surface area contributed by atoms with E-state index in [0.29, 0.717) is 5.17 Å². The smallest absolute Gasteiger partial charge is 0.298 e. The van der Waals surface area contributed by atoms with Crippen LogP contribution in [0.5, 0.6) is 0 Å². The second-order valence-corrected chi connectivity index (χ2v) is 8.81. The van der Waals surface area contributed by atoms with Crippen LogP contribution in [0.3, 0.4) is 0 Å². The van der Waals surface area contributed by atoms with Crippen molar-refractivity contribution in [3.8, 4) is 0 Å². The second kappa shape index (κ2) is 8.37. The molecule has 0 unspecified atom stereocenters. The normalized spacial score (nSPS) is 11.8. The number of hydrogen-bond donors (Lipinski definition) is 2. The lowest BCUT2D eigenvalue weighted by atomic mass is 10.3. The molecule has 0 spiro atoms. The zero-order valence-electron chi connectivity index (χ0n) is 14.7. The lowest BCUT2D eigenvalue weighted by Gasteiger charge is -2.22. The van der Waals surface area contributed by atoms with E-state index in [9.17, 15) is 16.8 Å². The van der Waals surface area contributed by atoms with Gasteiger partial charge in [0.2, 0.25) is 0 Å². The van der Waals surface area contributed by atoms with Crippen LogP contribution in [-0.2, 0) is 24.5 Å². The molecule has 0 aliphatic carbocycles. The first kappa shape index (κ1) is 21.7. The Bertz CT molecular complexity index is 1260. The van der Waals surface area contributed by atoms with E-state index in [1.165, 1.54) is 24.3 Å². The number of hydrazine groups is 1. The van der Waals surface area contributed by atoms with Gasteiger partial charge in [0.25, 0.3) is 16.1 Å². The second-order valence-electron chi connectivity index (χ2n) is 5.49. The summed E-state index contributed by atoms with van der Waals surface area (Å²) in [5.74, 6) is -0.263. The van der Waals surface area contributed by atoms with E-state index in [4.69, 9.17) is 26.2 Å². The highest BCUT2D eigenvalue weighted by molar-refractivity contribution is 7.87. The van der Waals surface area contributed by atoms with Gasteiger partial charge >= 0.3 is 10.1 Å². The van der Waals surface area contributed by atoms with Crippen LogP contribution in [0.2, 0.25) is 5.02 Å². The van der Waals surface area contributed by atoms with Gasteiger partial charge in [-0.15, -0.1) is 9.46 Å². The van der Waals surface area contributed by atoms with Gasteiger partial charge in [-0.1, -0.05) is 17.7 Å². The van der Waals surface area contributed by atoms with Crippen molar-refractivity contribution in [1.82, 2.24) is 20.7 Å². The topological polar surface area (TPSA) is 175 Å². The largest absolute Gasteiger partial charge is 0.321 e. The highest BCUT2D eigenvalue weighted by Crippen LogP contribution is 2.30. The third-order valence-corrected chi connectivity index (χ3v) is 5.87. The lowest BCUT2D eigenvalue weighted by Crippen LogP contribution is -2.34. The molecule has 15 heteroatoms. The fraction of sp³-hybridized carbons (Fsp3) is 0. The van der Waals surface area contributed by atoms with E-state index >= 15 is 0 Å². The molecule has 157 valence electrons. The minimum Gasteiger partial charge on any atom is -0.298 e. The molecule has 3 N–H and O–H groups in total. The third-order valence-electron chi connectivity index (χ3n) is 3.46. The molecule has 0 bridgehead atoms. The Hall–Kier alpha value is -3.04. The van der Waals surface area contributed by atoms with Crippen LogP contribution in [0.1, 0.15) is 0 Å². The van der Waals surface area contributed by atoms with Gasteiger partial charge in [-0.2, -0.15) is 26.8 Å². The van der Waals surface area contributed by atoms with Crippen molar-refractivity contribution in [1.29, 1.82) is 0 Å². The summed E-state index contributed by atoms with van der Waals surface area (Å²) in [5, 5.41) is 0.486. The van der Waals surface area contributed by atoms with Gasteiger partial charge in [-0.05, 0) is 36.4 Å². The monoisotopic (exact) mass is 471 g/mol. The average molecular weight is 472 g/mol. The molecule has 1 radical (unpaired) electrons. The lowest BCUT2D eigenvalue weighted by molar-refractivity contribution is 0.297. The van der Waals surface area contributed by atoms with Crippen molar-refractivity contribution in [2.75, 3.05) is 10.6 Å². The van der Waals surface area contributed by atoms with Crippen molar-refractivity contribution in [2.45, 2.75) is 9.79 Å². The van der Waals surface area contributed by atoms with Crippen molar-refractivity contribution in [3.05, 3.63) is 60.1 Å². The SMILES string of the molecule is [NH]c1c(Cl)cccc1S(=O)(=O)ON(Nc1ccc(S(=O)(=O)O)cc1)c1ncncn1. The molecule has 2 aromatic carbocycles. The fourth-order valence-corrected chi connectivity index (χ4v) is 3.81. The van der Waals surface area contributed by atoms with Gasteiger partial charge < -0.3 is 0 Å². The zero-order valence-corrected chi connectivity index (χ0v) is 17.1. The highest BCUT2D eigenvalue weighted by atomic mass is 35.5. The number of halogens is 1. The quantitative estimate of drug-likeness (QED) is 0.379. The Balaban J connectivity index is 1.95. The molecular weight excluding hydrogens is 460 g/mol. The van der Waals surface area contributed by atoms with Gasteiger partial charge in [0.1, 0.15) is 17.6 Å². The molecule has 1 heterocycles. The summed E-state index contributed by atoms with van der Waals surface area (Å²) in [6.45, 7) is 0. The minimum atomic E-state index is -4.56. The molecule has 0 saturated heterocycles. The summed E-state index contributed by atoms with van der Waals surface area (Å²) in [7, 11) is -8.97. The number of benzene rings is 2. The van der Waals surface area contributed by atoms with E-state index in [0.717, 1.165) is 30.9 Å². The van der Waals surface area contributed by atoms with Crippen molar-refractivity contribution >= 4 is 49.2 Å². The zero-order chi connectivity index (χ0) is 21.9. The molecule has 0 aliphatic heterocycles. The number of rotatable bonds is 7. The Labute approximate surface area is 176 Å². The first-order valence-electron chi connectivity index (χ1n) is 7.79. The van der Waals surface area contributed by atoms with Gasteiger partial charge in [-0.25, -0.2) is 4.98 Å². The molecule has 12 nitrogen and oxygen atoms in total. The van der Waals surface area contributed by atoms with Crippen LogP contribution in [0.15, 0.2) is 64.9 Å². The number of anilines is 2. The molecular formula is C15H12ClN6O6S2. The summed E-state index contributed by atoms with van der Waals surface area (Å²) in [4.78, 5) is 10.3. The first-order chi connectivity index (χ1) is 14.1. The summed E-state index contributed by atoms with van der Waals surface area (Å²) in [5.41, 5.74) is 10.1. The van der Waals surface area contributed by atoms with Crippen LogP contribution in [0.4, 0.5) is 17.3 Å². The van der Waals surface area contributed by atoms with E-state index in [1.54, 1.807) is 0 Å². The van der Waals surface area contributed by atoms with Crippen LogP contribution < -0.4 is 16.3 Å². The standard InChI is InChI=1S/C15H12ClN6O6S2/c16-12-2-1-3-13(14(12)17)30(26,27)28-22(15-19-8-18-9-20-15)21-10-4-6-11(7-5-10)29(23,24)25/h1-9,17,21H,(H,23,24,25). The van der Waals surface area contributed by atoms with Crippen molar-refractivity contribution < 1.29 is 25.7 Å². The van der Waals surface area contributed by atoms with Crippen molar-refractivity contribution in [3.63, 3.8) is 0 Å². The molecule has 0 atom stereocenters. The summed E-state index contributed by atoms with van der Waals surface area (Å²) >= 11 is 5.82. The average Bonchev–Trinajstić information content (AvgIpc) is 2.69.